The Hall–Kier alpha value is -3.28. The number of hydrazine groups is 1. The van der Waals surface area contributed by atoms with E-state index in [0.717, 1.165) is 16.5 Å². The van der Waals surface area contributed by atoms with Crippen LogP contribution in [-0.4, -0.2) is 21.8 Å². The number of benzene rings is 1. The summed E-state index contributed by atoms with van der Waals surface area (Å²) in [6.07, 6.45) is 2.99. The van der Waals surface area contributed by atoms with Gasteiger partial charge in [0.2, 0.25) is 0 Å². The minimum atomic E-state index is -0.432. The van der Waals surface area contributed by atoms with Crippen molar-refractivity contribution in [1.29, 1.82) is 0 Å². The zero-order valence-corrected chi connectivity index (χ0v) is 13.3. The normalized spacial score (nSPS) is 10.4. The monoisotopic (exact) mass is 320 g/mol. The second kappa shape index (κ2) is 6.45. The maximum Gasteiger partial charge on any atom is 0.271 e. The van der Waals surface area contributed by atoms with Crippen molar-refractivity contribution in [1.82, 2.24) is 20.8 Å². The number of rotatable bonds is 2. The first kappa shape index (κ1) is 15.6. The van der Waals surface area contributed by atoms with Crippen LogP contribution >= 0.6 is 0 Å². The van der Waals surface area contributed by atoms with Crippen molar-refractivity contribution in [3.63, 3.8) is 0 Å². The SMILES string of the molecule is Cc1ccc2nc(C)c(C(=O)NNC(=O)c3cccnc3)cc2c1. The summed E-state index contributed by atoms with van der Waals surface area (Å²) in [6.45, 7) is 3.74. The molecule has 0 fully saturated rings. The maximum absolute atomic E-state index is 12.3. The smallest absolute Gasteiger partial charge is 0.267 e. The van der Waals surface area contributed by atoms with Crippen LogP contribution in [0.4, 0.5) is 0 Å². The van der Waals surface area contributed by atoms with Crippen molar-refractivity contribution in [3.05, 3.63) is 71.2 Å². The largest absolute Gasteiger partial charge is 0.271 e. The van der Waals surface area contributed by atoms with Crippen molar-refractivity contribution in [3.8, 4) is 0 Å². The van der Waals surface area contributed by atoms with Gasteiger partial charge in [0.05, 0.1) is 22.3 Å². The first-order chi connectivity index (χ1) is 11.5. The van der Waals surface area contributed by atoms with E-state index in [0.29, 0.717) is 16.8 Å². The van der Waals surface area contributed by atoms with Gasteiger partial charge >= 0.3 is 0 Å². The molecule has 120 valence electrons. The molecule has 0 aliphatic carbocycles. The van der Waals surface area contributed by atoms with E-state index in [4.69, 9.17) is 0 Å². The molecule has 24 heavy (non-hydrogen) atoms. The molecule has 0 bridgehead atoms. The minimum Gasteiger partial charge on any atom is -0.267 e. The van der Waals surface area contributed by atoms with Gasteiger partial charge in [-0.05, 0) is 44.2 Å². The number of carbonyl (C=O) groups excluding carboxylic acids is 2. The van der Waals surface area contributed by atoms with Crippen molar-refractivity contribution in [2.45, 2.75) is 13.8 Å². The molecule has 3 rings (SSSR count). The van der Waals surface area contributed by atoms with E-state index in [1.807, 2.05) is 25.1 Å². The number of carbonyl (C=O) groups is 2. The molecular weight excluding hydrogens is 304 g/mol. The van der Waals surface area contributed by atoms with Gasteiger partial charge in [0.1, 0.15) is 0 Å². The Morgan fingerprint density at radius 3 is 2.54 bits per heavy atom. The van der Waals surface area contributed by atoms with Crippen molar-refractivity contribution in [2.24, 2.45) is 0 Å². The van der Waals surface area contributed by atoms with Crippen LogP contribution in [0.3, 0.4) is 0 Å². The summed E-state index contributed by atoms with van der Waals surface area (Å²) < 4.78 is 0. The van der Waals surface area contributed by atoms with Crippen LogP contribution in [0, 0.1) is 13.8 Å². The van der Waals surface area contributed by atoms with Gasteiger partial charge in [-0.1, -0.05) is 11.6 Å². The highest BCUT2D eigenvalue weighted by atomic mass is 16.2. The second-order valence-corrected chi connectivity index (χ2v) is 5.47. The van der Waals surface area contributed by atoms with E-state index >= 15 is 0 Å². The average Bonchev–Trinajstić information content (AvgIpc) is 2.60. The second-order valence-electron chi connectivity index (χ2n) is 5.47. The van der Waals surface area contributed by atoms with Crippen LogP contribution in [0.2, 0.25) is 0 Å². The number of hydrogen-bond donors (Lipinski definition) is 2. The predicted octanol–water partition coefficient (Wildman–Crippen LogP) is 2.32. The molecule has 2 aromatic heterocycles. The van der Waals surface area contributed by atoms with Gasteiger partial charge in [-0.2, -0.15) is 0 Å². The fourth-order valence-electron chi connectivity index (χ4n) is 2.37. The van der Waals surface area contributed by atoms with Crippen LogP contribution in [0.25, 0.3) is 10.9 Å². The van der Waals surface area contributed by atoms with E-state index in [9.17, 15) is 9.59 Å². The van der Waals surface area contributed by atoms with Gasteiger partial charge in [-0.25, -0.2) is 0 Å². The minimum absolute atomic E-state index is 0.363. The Bertz CT molecular complexity index is 923. The number of aryl methyl sites for hydroxylation is 2. The molecular formula is C18H16N4O2. The van der Waals surface area contributed by atoms with Gasteiger partial charge in [-0.3, -0.25) is 30.4 Å². The van der Waals surface area contributed by atoms with Crippen LogP contribution < -0.4 is 10.9 Å². The summed E-state index contributed by atoms with van der Waals surface area (Å²) >= 11 is 0. The van der Waals surface area contributed by atoms with E-state index in [1.54, 1.807) is 31.3 Å². The van der Waals surface area contributed by atoms with Crippen LogP contribution in [0.5, 0.6) is 0 Å². The summed E-state index contributed by atoms with van der Waals surface area (Å²) in [5, 5.41) is 0.879. The number of hydrogen-bond acceptors (Lipinski definition) is 4. The Balaban J connectivity index is 1.78. The summed E-state index contributed by atoms with van der Waals surface area (Å²) in [4.78, 5) is 32.6. The molecule has 0 radical (unpaired) electrons. The predicted molar refractivity (Wildman–Crippen MR) is 90.4 cm³/mol. The number of nitrogens with one attached hydrogen (secondary N) is 2. The number of nitrogens with zero attached hydrogens (tertiary/aromatic N) is 2. The number of aromatic nitrogens is 2. The number of fused-ring (bicyclic) bond motifs is 1. The molecule has 2 N–H and O–H groups in total. The average molecular weight is 320 g/mol. The first-order valence-corrected chi connectivity index (χ1v) is 7.43. The standard InChI is InChI=1S/C18H16N4O2/c1-11-5-6-16-14(8-11)9-15(12(2)20-16)18(24)22-21-17(23)13-4-3-7-19-10-13/h3-10H,1-2H3,(H,21,23)(H,22,24). The molecule has 0 aliphatic heterocycles. The fourth-order valence-corrected chi connectivity index (χ4v) is 2.37. The maximum atomic E-state index is 12.3. The lowest BCUT2D eigenvalue weighted by molar-refractivity contribution is 0.0846. The Morgan fingerprint density at radius 1 is 1.00 bits per heavy atom. The van der Waals surface area contributed by atoms with E-state index in [1.165, 1.54) is 6.20 Å². The number of amides is 2. The van der Waals surface area contributed by atoms with Crippen molar-refractivity contribution in [2.75, 3.05) is 0 Å². The van der Waals surface area contributed by atoms with Gasteiger partial charge in [0.25, 0.3) is 11.8 Å². The van der Waals surface area contributed by atoms with Crippen LogP contribution in [-0.2, 0) is 0 Å². The molecule has 2 amide bonds. The molecule has 0 saturated carbocycles. The zero-order valence-electron chi connectivity index (χ0n) is 13.3. The first-order valence-electron chi connectivity index (χ1n) is 7.43. The molecule has 0 unspecified atom stereocenters. The van der Waals surface area contributed by atoms with Gasteiger partial charge < -0.3 is 0 Å². The third kappa shape index (κ3) is 3.22. The van der Waals surface area contributed by atoms with Gasteiger partial charge in [-0.15, -0.1) is 0 Å². The molecule has 0 atom stereocenters. The van der Waals surface area contributed by atoms with Crippen molar-refractivity contribution < 1.29 is 9.59 Å². The zero-order chi connectivity index (χ0) is 17.1. The van der Waals surface area contributed by atoms with Crippen LogP contribution in [0.15, 0.2) is 48.8 Å². The van der Waals surface area contributed by atoms with E-state index in [2.05, 4.69) is 20.8 Å². The third-order valence-corrected chi connectivity index (χ3v) is 3.62. The Labute approximate surface area is 138 Å². The highest BCUT2D eigenvalue weighted by Crippen LogP contribution is 2.18. The highest BCUT2D eigenvalue weighted by Gasteiger charge is 2.13. The molecule has 2 heterocycles. The summed E-state index contributed by atoms with van der Waals surface area (Å²) in [5.74, 6) is -0.848. The highest BCUT2D eigenvalue weighted by molar-refractivity contribution is 6.01. The molecule has 0 saturated heterocycles. The summed E-state index contributed by atoms with van der Waals surface area (Å²) in [5.41, 5.74) is 8.08. The summed E-state index contributed by atoms with van der Waals surface area (Å²) in [6, 6.07) is 10.9. The quantitative estimate of drug-likeness (QED) is 0.710. The van der Waals surface area contributed by atoms with Crippen molar-refractivity contribution >= 4 is 22.7 Å². The lowest BCUT2D eigenvalue weighted by Gasteiger charge is -2.10. The van der Waals surface area contributed by atoms with Gasteiger partial charge in [0.15, 0.2) is 0 Å². The molecule has 0 aliphatic rings. The fraction of sp³-hybridized carbons (Fsp3) is 0.111. The third-order valence-electron chi connectivity index (χ3n) is 3.62. The topological polar surface area (TPSA) is 84.0 Å². The lowest BCUT2D eigenvalue weighted by atomic mass is 10.1. The Morgan fingerprint density at radius 2 is 1.79 bits per heavy atom. The number of pyridine rings is 2. The lowest BCUT2D eigenvalue weighted by Crippen LogP contribution is -2.42. The van der Waals surface area contributed by atoms with E-state index in [-0.39, 0.29) is 0 Å². The molecule has 1 aromatic carbocycles. The summed E-state index contributed by atoms with van der Waals surface area (Å²) in [7, 11) is 0. The van der Waals surface area contributed by atoms with Gasteiger partial charge in [0, 0.05) is 17.8 Å². The molecule has 0 spiro atoms. The van der Waals surface area contributed by atoms with Crippen LogP contribution in [0.1, 0.15) is 32.0 Å². The molecule has 6 heteroatoms. The Kier molecular flexibility index (Phi) is 4.20. The van der Waals surface area contributed by atoms with E-state index < -0.39 is 11.8 Å². The molecule has 3 aromatic rings. The molecule has 6 nitrogen and oxygen atoms in total.